The van der Waals surface area contributed by atoms with E-state index in [0.29, 0.717) is 12.3 Å². The Bertz CT molecular complexity index is 953. The van der Waals surface area contributed by atoms with Crippen molar-refractivity contribution in [2.45, 2.75) is 91.6 Å². The molecule has 0 aliphatic carbocycles. The lowest BCUT2D eigenvalue weighted by molar-refractivity contribution is -0.121. The molecular formula is C26H43N3O4SSi. The predicted octanol–water partition coefficient (Wildman–Crippen LogP) is 6.49. The summed E-state index contributed by atoms with van der Waals surface area (Å²) in [5.41, 5.74) is 0.792. The fourth-order valence-electron chi connectivity index (χ4n) is 2.58. The van der Waals surface area contributed by atoms with Crippen LogP contribution in [0.25, 0.3) is 0 Å². The first-order chi connectivity index (χ1) is 15.9. The molecule has 7 nitrogen and oxygen atoms in total. The van der Waals surface area contributed by atoms with Crippen molar-refractivity contribution >= 4 is 37.9 Å². The van der Waals surface area contributed by atoms with Crippen LogP contribution < -0.4 is 10.6 Å². The molecule has 1 aromatic heterocycles. The zero-order valence-electron chi connectivity index (χ0n) is 22.9. The van der Waals surface area contributed by atoms with E-state index in [1.807, 2.05) is 19.1 Å². The molecule has 1 unspecified atom stereocenters. The minimum absolute atomic E-state index is 0.104. The molecule has 0 bridgehead atoms. The van der Waals surface area contributed by atoms with E-state index < -0.39 is 25.9 Å². The maximum Gasteiger partial charge on any atom is 0.407 e. The standard InChI is InChI=1S/C26H43N3O4SSi/c1-18(15-27)11-12-19(2)29-23(30)21(16-28-24(31)33-25(3,4)5)22-14-13-20(34-22)17-32-35(9,10)26(6,7)8/h11-15,21,27H,16-17H2,1-10H3,(H,28,31)(H,29,30)/b18-11+,19-12+,27-15?. The van der Waals surface area contributed by atoms with Crippen molar-refractivity contribution in [3.05, 3.63) is 45.3 Å². The summed E-state index contributed by atoms with van der Waals surface area (Å²) in [4.78, 5) is 27.3. The summed E-state index contributed by atoms with van der Waals surface area (Å²) in [6.45, 7) is 20.6. The van der Waals surface area contributed by atoms with Gasteiger partial charge in [-0.3, -0.25) is 4.79 Å². The van der Waals surface area contributed by atoms with Gasteiger partial charge in [0, 0.05) is 28.2 Å². The highest BCUT2D eigenvalue weighted by atomic mass is 32.1. The summed E-state index contributed by atoms with van der Waals surface area (Å²) in [5, 5.41) is 13.0. The lowest BCUT2D eigenvalue weighted by atomic mass is 10.1. The first-order valence-corrected chi connectivity index (χ1v) is 15.5. The highest BCUT2D eigenvalue weighted by molar-refractivity contribution is 7.12. The lowest BCUT2D eigenvalue weighted by Crippen LogP contribution is -2.40. The largest absolute Gasteiger partial charge is 0.444 e. The van der Waals surface area contributed by atoms with Gasteiger partial charge in [0.25, 0.3) is 0 Å². The number of carbonyl (C=O) groups is 2. The van der Waals surface area contributed by atoms with Gasteiger partial charge >= 0.3 is 6.09 Å². The molecule has 0 radical (unpaired) electrons. The number of amides is 2. The molecule has 196 valence electrons. The molecule has 0 aromatic carbocycles. The maximum absolute atomic E-state index is 13.2. The number of hydrogen-bond donors (Lipinski definition) is 3. The number of alkyl carbamates (subject to hydrolysis) is 1. The van der Waals surface area contributed by atoms with E-state index in [2.05, 4.69) is 44.5 Å². The highest BCUT2D eigenvalue weighted by Crippen LogP contribution is 2.37. The molecule has 1 rings (SSSR count). The lowest BCUT2D eigenvalue weighted by Gasteiger charge is -2.36. The molecule has 0 aliphatic heterocycles. The van der Waals surface area contributed by atoms with E-state index in [9.17, 15) is 9.59 Å². The number of allylic oxidation sites excluding steroid dienone is 4. The third-order valence-electron chi connectivity index (χ3n) is 5.72. The summed E-state index contributed by atoms with van der Waals surface area (Å²) in [6.07, 6.45) is 4.20. The summed E-state index contributed by atoms with van der Waals surface area (Å²) in [7, 11) is -1.90. The smallest absolute Gasteiger partial charge is 0.407 e. The number of thiophene rings is 1. The fourth-order valence-corrected chi connectivity index (χ4v) is 4.66. The van der Waals surface area contributed by atoms with Crippen molar-refractivity contribution in [2.24, 2.45) is 0 Å². The zero-order valence-corrected chi connectivity index (χ0v) is 24.7. The van der Waals surface area contributed by atoms with Gasteiger partial charge in [-0.05, 0) is 76.5 Å². The maximum atomic E-state index is 13.2. The minimum atomic E-state index is -1.90. The summed E-state index contributed by atoms with van der Waals surface area (Å²) < 4.78 is 11.7. The van der Waals surface area contributed by atoms with Crippen LogP contribution in [0.1, 0.15) is 71.1 Å². The van der Waals surface area contributed by atoms with E-state index in [4.69, 9.17) is 14.6 Å². The first kappa shape index (κ1) is 30.8. The Labute approximate surface area is 216 Å². The number of hydrogen-bond acceptors (Lipinski definition) is 6. The van der Waals surface area contributed by atoms with Crippen LogP contribution in [-0.2, 0) is 20.6 Å². The predicted molar refractivity (Wildman–Crippen MR) is 148 cm³/mol. The molecule has 9 heteroatoms. The van der Waals surface area contributed by atoms with Gasteiger partial charge in [0.15, 0.2) is 8.32 Å². The van der Waals surface area contributed by atoms with E-state index in [0.717, 1.165) is 15.3 Å². The Morgan fingerprint density at radius 3 is 2.29 bits per heavy atom. The van der Waals surface area contributed by atoms with Gasteiger partial charge in [0.2, 0.25) is 5.91 Å². The molecule has 1 heterocycles. The average Bonchev–Trinajstić information content (AvgIpc) is 3.17. The second-order valence-electron chi connectivity index (χ2n) is 11.2. The average molecular weight is 522 g/mol. The number of rotatable bonds is 10. The van der Waals surface area contributed by atoms with Gasteiger partial charge in [-0.25, -0.2) is 4.79 Å². The molecule has 3 N–H and O–H groups in total. The Morgan fingerprint density at radius 1 is 1.11 bits per heavy atom. The van der Waals surface area contributed by atoms with Gasteiger partial charge in [-0.15, -0.1) is 11.3 Å². The number of nitrogens with one attached hydrogen (secondary N) is 3. The first-order valence-electron chi connectivity index (χ1n) is 11.8. The molecule has 0 saturated heterocycles. The molecule has 2 amide bonds. The topological polar surface area (TPSA) is 101 Å². The minimum Gasteiger partial charge on any atom is -0.444 e. The van der Waals surface area contributed by atoms with E-state index in [1.165, 1.54) is 17.6 Å². The highest BCUT2D eigenvalue weighted by Gasteiger charge is 2.37. The van der Waals surface area contributed by atoms with Gasteiger partial charge in [-0.1, -0.05) is 26.8 Å². The van der Waals surface area contributed by atoms with Crippen molar-refractivity contribution in [3.8, 4) is 0 Å². The van der Waals surface area contributed by atoms with E-state index in [-0.39, 0.29) is 17.5 Å². The van der Waals surface area contributed by atoms with Gasteiger partial charge in [0.05, 0.1) is 12.5 Å². The van der Waals surface area contributed by atoms with Crippen LogP contribution >= 0.6 is 11.3 Å². The molecule has 35 heavy (non-hydrogen) atoms. The Morgan fingerprint density at radius 2 is 1.74 bits per heavy atom. The zero-order chi connectivity index (χ0) is 27.0. The van der Waals surface area contributed by atoms with Crippen molar-refractivity contribution in [3.63, 3.8) is 0 Å². The monoisotopic (exact) mass is 521 g/mol. The van der Waals surface area contributed by atoms with Crippen LogP contribution in [0.15, 0.2) is 35.6 Å². The normalized spacial score (nSPS) is 14.3. The van der Waals surface area contributed by atoms with E-state index >= 15 is 0 Å². The number of carbonyl (C=O) groups excluding carboxylic acids is 2. The summed E-state index contributed by atoms with van der Waals surface area (Å²) in [6, 6.07) is 3.91. The Kier molecular flexibility index (Phi) is 11.1. The van der Waals surface area contributed by atoms with Crippen LogP contribution in [0, 0.1) is 5.41 Å². The van der Waals surface area contributed by atoms with Crippen molar-refractivity contribution in [1.82, 2.24) is 10.6 Å². The van der Waals surface area contributed by atoms with Gasteiger partial charge < -0.3 is 25.2 Å². The van der Waals surface area contributed by atoms with Crippen molar-refractivity contribution in [1.29, 1.82) is 5.41 Å². The van der Waals surface area contributed by atoms with Crippen LogP contribution in [0.2, 0.25) is 18.1 Å². The van der Waals surface area contributed by atoms with E-state index in [1.54, 1.807) is 39.8 Å². The van der Waals surface area contributed by atoms with Crippen molar-refractivity contribution < 1.29 is 18.8 Å². The van der Waals surface area contributed by atoms with Crippen LogP contribution in [0.5, 0.6) is 0 Å². The molecule has 0 saturated carbocycles. The molecular weight excluding hydrogens is 478 g/mol. The summed E-state index contributed by atoms with van der Waals surface area (Å²) >= 11 is 1.52. The van der Waals surface area contributed by atoms with Crippen LogP contribution in [0.4, 0.5) is 4.79 Å². The van der Waals surface area contributed by atoms with Crippen LogP contribution in [0.3, 0.4) is 0 Å². The Balaban J connectivity index is 3.06. The van der Waals surface area contributed by atoms with Crippen LogP contribution in [-0.4, -0.2) is 38.7 Å². The quantitative estimate of drug-likeness (QED) is 0.186. The third kappa shape index (κ3) is 10.9. The number of ether oxygens (including phenoxy) is 1. The van der Waals surface area contributed by atoms with Gasteiger partial charge in [0.1, 0.15) is 5.60 Å². The fraction of sp³-hybridized carbons (Fsp3) is 0.577. The molecule has 0 fully saturated rings. The second-order valence-corrected chi connectivity index (χ2v) is 17.2. The SMILES string of the molecule is C/C(C=N)=C\C=C(/C)NC(=O)C(CNC(=O)OC(C)(C)C)c1ccc(CO[Si](C)(C)C(C)(C)C)s1. The molecule has 0 aliphatic rings. The second kappa shape index (κ2) is 12.6. The van der Waals surface area contributed by atoms with Gasteiger partial charge in [-0.2, -0.15) is 0 Å². The molecule has 1 atom stereocenters. The molecule has 1 aromatic rings. The third-order valence-corrected chi connectivity index (χ3v) is 11.4. The Hall–Kier alpha value is -2.23. The molecule has 0 spiro atoms. The summed E-state index contributed by atoms with van der Waals surface area (Å²) in [5.74, 6) is -0.820. The van der Waals surface area contributed by atoms with Crippen molar-refractivity contribution in [2.75, 3.05) is 6.54 Å².